The lowest BCUT2D eigenvalue weighted by molar-refractivity contribution is -0.124. The van der Waals surface area contributed by atoms with Gasteiger partial charge in [-0.1, -0.05) is 56.0 Å². The number of hydrogen-bond acceptors (Lipinski definition) is 1. The van der Waals surface area contributed by atoms with Crippen LogP contribution < -0.4 is 5.32 Å². The summed E-state index contributed by atoms with van der Waals surface area (Å²) >= 11 is 0. The van der Waals surface area contributed by atoms with Crippen LogP contribution in [0.3, 0.4) is 0 Å². The predicted molar refractivity (Wildman–Crippen MR) is 81.3 cm³/mol. The van der Waals surface area contributed by atoms with E-state index in [1.807, 2.05) is 6.07 Å². The molecule has 0 heterocycles. The lowest BCUT2D eigenvalue weighted by Crippen LogP contribution is -2.50. The van der Waals surface area contributed by atoms with Crippen LogP contribution in [-0.2, 0) is 10.3 Å². The van der Waals surface area contributed by atoms with Crippen molar-refractivity contribution in [1.82, 2.24) is 5.32 Å². The number of carbonyl (C=O) groups is 1. The summed E-state index contributed by atoms with van der Waals surface area (Å²) in [5, 5.41) is 3.33. The number of nitrogens with one attached hydrogen (secondary N) is 1. The molecule has 1 aromatic carbocycles. The Morgan fingerprint density at radius 3 is 2.40 bits per heavy atom. The molecule has 2 aliphatic carbocycles. The molecule has 2 saturated carbocycles. The van der Waals surface area contributed by atoms with Crippen molar-refractivity contribution in [3.63, 3.8) is 0 Å². The van der Waals surface area contributed by atoms with Gasteiger partial charge in [-0.05, 0) is 37.2 Å². The smallest absolute Gasteiger partial charge is 0.220 e. The molecule has 1 amide bonds. The maximum Gasteiger partial charge on any atom is 0.220 e. The van der Waals surface area contributed by atoms with Crippen LogP contribution in [0.2, 0.25) is 0 Å². The molecule has 0 spiro atoms. The molecule has 0 atom stereocenters. The summed E-state index contributed by atoms with van der Waals surface area (Å²) in [6.07, 6.45) is 10.6. The highest BCUT2D eigenvalue weighted by Gasteiger charge is 2.39. The predicted octanol–water partition coefficient (Wildman–Crippen LogP) is 4.15. The third-order valence-electron chi connectivity index (χ3n) is 5.17. The van der Waals surface area contributed by atoms with Gasteiger partial charge in [-0.3, -0.25) is 4.79 Å². The van der Waals surface area contributed by atoms with Crippen LogP contribution in [0.5, 0.6) is 0 Å². The van der Waals surface area contributed by atoms with E-state index in [9.17, 15) is 4.79 Å². The summed E-state index contributed by atoms with van der Waals surface area (Å²) in [6, 6.07) is 10.5. The maximum absolute atomic E-state index is 12.3. The average Bonchev–Trinajstić information content (AvgIpc) is 2.95. The Morgan fingerprint density at radius 2 is 1.80 bits per heavy atom. The summed E-state index contributed by atoms with van der Waals surface area (Å²) in [7, 11) is 0. The normalized spacial score (nSPS) is 21.4. The van der Waals surface area contributed by atoms with E-state index in [4.69, 9.17) is 0 Å². The van der Waals surface area contributed by atoms with Crippen LogP contribution in [0, 0.1) is 5.92 Å². The van der Waals surface area contributed by atoms with Gasteiger partial charge in [0.05, 0.1) is 5.54 Å². The minimum Gasteiger partial charge on any atom is -0.347 e. The van der Waals surface area contributed by atoms with Crippen molar-refractivity contribution in [3.05, 3.63) is 35.9 Å². The van der Waals surface area contributed by atoms with Gasteiger partial charge < -0.3 is 5.32 Å². The van der Waals surface area contributed by atoms with Crippen molar-refractivity contribution in [2.75, 3.05) is 0 Å². The monoisotopic (exact) mass is 271 g/mol. The number of hydrogen-bond donors (Lipinski definition) is 1. The first-order valence-corrected chi connectivity index (χ1v) is 8.15. The zero-order valence-corrected chi connectivity index (χ0v) is 12.2. The molecule has 1 aromatic rings. The van der Waals surface area contributed by atoms with Crippen molar-refractivity contribution in [2.24, 2.45) is 5.92 Å². The Labute approximate surface area is 122 Å². The molecule has 1 N–H and O–H groups in total. The minimum absolute atomic E-state index is 0.0615. The molecule has 0 aromatic heterocycles. The van der Waals surface area contributed by atoms with Crippen LogP contribution in [0.4, 0.5) is 0 Å². The highest BCUT2D eigenvalue weighted by atomic mass is 16.1. The summed E-state index contributed by atoms with van der Waals surface area (Å²) in [5.74, 6) is 1.05. The van der Waals surface area contributed by atoms with E-state index in [0.29, 0.717) is 6.42 Å². The number of carbonyl (C=O) groups excluding carboxylic acids is 1. The quantitative estimate of drug-likeness (QED) is 0.856. The second-order valence-electron chi connectivity index (χ2n) is 6.54. The van der Waals surface area contributed by atoms with Crippen LogP contribution in [0.25, 0.3) is 0 Å². The highest BCUT2D eigenvalue weighted by Crippen LogP contribution is 2.41. The zero-order chi connectivity index (χ0) is 13.8. The molecular weight excluding hydrogens is 246 g/mol. The average molecular weight is 271 g/mol. The van der Waals surface area contributed by atoms with Crippen molar-refractivity contribution < 1.29 is 4.79 Å². The SMILES string of the molecule is O=C(CCC1CCCC1)NC1(c2ccccc2)CCC1. The minimum atomic E-state index is -0.0615. The lowest BCUT2D eigenvalue weighted by atomic mass is 9.71. The lowest BCUT2D eigenvalue weighted by Gasteiger charge is -2.43. The van der Waals surface area contributed by atoms with Gasteiger partial charge in [-0.25, -0.2) is 0 Å². The van der Waals surface area contributed by atoms with Crippen LogP contribution in [0.15, 0.2) is 30.3 Å². The van der Waals surface area contributed by atoms with Crippen molar-refractivity contribution >= 4 is 5.91 Å². The number of rotatable bonds is 5. The van der Waals surface area contributed by atoms with E-state index in [1.165, 1.54) is 37.7 Å². The van der Waals surface area contributed by atoms with Crippen molar-refractivity contribution in [1.29, 1.82) is 0 Å². The van der Waals surface area contributed by atoms with Gasteiger partial charge in [0.15, 0.2) is 0 Å². The van der Waals surface area contributed by atoms with E-state index in [2.05, 4.69) is 29.6 Å². The van der Waals surface area contributed by atoms with E-state index in [-0.39, 0.29) is 11.4 Å². The fourth-order valence-corrected chi connectivity index (χ4v) is 3.74. The highest BCUT2D eigenvalue weighted by molar-refractivity contribution is 5.77. The first kappa shape index (κ1) is 13.7. The summed E-state index contributed by atoms with van der Waals surface area (Å²) in [6.45, 7) is 0. The number of benzene rings is 1. The van der Waals surface area contributed by atoms with E-state index < -0.39 is 0 Å². The topological polar surface area (TPSA) is 29.1 Å². The Morgan fingerprint density at radius 1 is 1.10 bits per heavy atom. The molecule has 3 rings (SSSR count). The molecule has 108 valence electrons. The fourth-order valence-electron chi connectivity index (χ4n) is 3.74. The number of amides is 1. The van der Waals surface area contributed by atoms with Gasteiger partial charge in [0, 0.05) is 6.42 Å². The van der Waals surface area contributed by atoms with Gasteiger partial charge in [-0.2, -0.15) is 0 Å². The first-order valence-electron chi connectivity index (χ1n) is 8.15. The molecule has 20 heavy (non-hydrogen) atoms. The summed E-state index contributed by atoms with van der Waals surface area (Å²) in [5.41, 5.74) is 1.22. The molecule has 0 saturated heterocycles. The molecule has 0 radical (unpaired) electrons. The molecule has 2 fully saturated rings. The van der Waals surface area contributed by atoms with E-state index in [1.54, 1.807) is 0 Å². The van der Waals surface area contributed by atoms with E-state index in [0.717, 1.165) is 25.2 Å². The van der Waals surface area contributed by atoms with Crippen molar-refractivity contribution in [3.8, 4) is 0 Å². The van der Waals surface area contributed by atoms with Crippen LogP contribution in [0.1, 0.15) is 63.4 Å². The Bertz CT molecular complexity index is 444. The second-order valence-corrected chi connectivity index (χ2v) is 6.54. The van der Waals surface area contributed by atoms with Gasteiger partial charge in [-0.15, -0.1) is 0 Å². The van der Waals surface area contributed by atoms with Gasteiger partial charge in [0.25, 0.3) is 0 Å². The van der Waals surface area contributed by atoms with Gasteiger partial charge >= 0.3 is 0 Å². The molecule has 0 unspecified atom stereocenters. The molecular formula is C18H25NO. The third-order valence-corrected chi connectivity index (χ3v) is 5.17. The first-order chi connectivity index (χ1) is 9.78. The molecule has 2 nitrogen and oxygen atoms in total. The zero-order valence-electron chi connectivity index (χ0n) is 12.2. The van der Waals surface area contributed by atoms with Crippen molar-refractivity contribution in [2.45, 2.75) is 63.3 Å². The largest absolute Gasteiger partial charge is 0.347 e. The molecule has 0 aliphatic heterocycles. The Kier molecular flexibility index (Phi) is 4.09. The van der Waals surface area contributed by atoms with Crippen LogP contribution in [-0.4, -0.2) is 5.91 Å². The Hall–Kier alpha value is -1.31. The van der Waals surface area contributed by atoms with E-state index >= 15 is 0 Å². The molecule has 2 aliphatic rings. The summed E-state index contributed by atoms with van der Waals surface area (Å²) < 4.78 is 0. The summed E-state index contributed by atoms with van der Waals surface area (Å²) in [4.78, 5) is 12.3. The van der Waals surface area contributed by atoms with Gasteiger partial charge in [0.2, 0.25) is 5.91 Å². The standard InChI is InChI=1S/C18H25NO/c20-17(12-11-15-7-4-5-8-15)19-18(13-6-14-18)16-9-2-1-3-10-16/h1-3,9-10,15H,4-8,11-14H2,(H,19,20). The second kappa shape index (κ2) is 5.99. The maximum atomic E-state index is 12.3. The third kappa shape index (κ3) is 2.89. The fraction of sp³-hybridized carbons (Fsp3) is 0.611. The van der Waals surface area contributed by atoms with Gasteiger partial charge in [0.1, 0.15) is 0 Å². The molecule has 0 bridgehead atoms. The van der Waals surface area contributed by atoms with Crippen LogP contribution >= 0.6 is 0 Å². The molecule has 2 heteroatoms. The Balaban J connectivity index is 1.56.